The van der Waals surface area contributed by atoms with Gasteiger partial charge in [-0.25, -0.2) is 0 Å². The zero-order valence-electron chi connectivity index (χ0n) is 13.3. The van der Waals surface area contributed by atoms with Crippen molar-refractivity contribution in [2.75, 3.05) is 41.2 Å². The molecule has 1 aliphatic rings. The van der Waals surface area contributed by atoms with Crippen molar-refractivity contribution < 1.29 is 18.4 Å². The fourth-order valence-corrected chi connectivity index (χ4v) is 2.88. The van der Waals surface area contributed by atoms with E-state index in [1.165, 1.54) is 24.3 Å². The van der Waals surface area contributed by atoms with Gasteiger partial charge in [0.05, 0.1) is 11.3 Å². The standard InChI is InChI=1S/C17H17F3N3O2/c18-17(19,20)13-1-3-14(4-2-13)21-9-11-22(12-10-21)15-5-7-16(8-6-15)23(24)25/h1-8,24H,9-12H2/q-1. The van der Waals surface area contributed by atoms with Gasteiger partial charge in [0, 0.05) is 37.6 Å². The molecule has 1 aliphatic heterocycles. The second-order valence-electron chi connectivity index (χ2n) is 5.81. The summed E-state index contributed by atoms with van der Waals surface area (Å²) in [6.45, 7) is 2.78. The van der Waals surface area contributed by atoms with Gasteiger partial charge in [-0.3, -0.25) is 5.21 Å². The molecule has 134 valence electrons. The smallest absolute Gasteiger partial charge is 0.416 e. The Kier molecular flexibility index (Phi) is 4.73. The molecule has 0 aromatic heterocycles. The highest BCUT2D eigenvalue weighted by Crippen LogP contribution is 2.31. The van der Waals surface area contributed by atoms with Crippen LogP contribution in [-0.4, -0.2) is 31.4 Å². The van der Waals surface area contributed by atoms with Gasteiger partial charge in [-0.15, -0.1) is 0 Å². The molecule has 2 aromatic rings. The van der Waals surface area contributed by atoms with E-state index in [0.29, 0.717) is 26.2 Å². The molecule has 1 fully saturated rings. The van der Waals surface area contributed by atoms with Crippen LogP contribution < -0.4 is 15.0 Å². The van der Waals surface area contributed by atoms with Gasteiger partial charge in [-0.1, -0.05) is 0 Å². The lowest BCUT2D eigenvalue weighted by molar-refractivity contribution is -0.137. The van der Waals surface area contributed by atoms with E-state index in [9.17, 15) is 18.4 Å². The molecule has 0 bridgehead atoms. The molecule has 0 unspecified atom stereocenters. The predicted molar refractivity (Wildman–Crippen MR) is 89.9 cm³/mol. The van der Waals surface area contributed by atoms with E-state index in [1.807, 2.05) is 4.90 Å². The SMILES string of the molecule is [O-]N(O)c1ccc(N2CCN(c3ccc(C(F)(F)F)cc3)CC2)cc1. The molecule has 2 aromatic carbocycles. The van der Waals surface area contributed by atoms with Crippen molar-refractivity contribution in [1.82, 2.24) is 0 Å². The van der Waals surface area contributed by atoms with Gasteiger partial charge < -0.3 is 20.2 Å². The number of anilines is 3. The van der Waals surface area contributed by atoms with Crippen LogP contribution in [0.1, 0.15) is 5.56 Å². The van der Waals surface area contributed by atoms with E-state index in [1.54, 1.807) is 12.1 Å². The minimum absolute atomic E-state index is 0.159. The van der Waals surface area contributed by atoms with Crippen LogP contribution in [0.25, 0.3) is 0 Å². The maximum atomic E-state index is 12.6. The Labute approximate surface area is 143 Å². The Bertz CT molecular complexity index is 695. The molecule has 0 spiro atoms. The first-order chi connectivity index (χ1) is 11.8. The zero-order chi connectivity index (χ0) is 18.0. The van der Waals surface area contributed by atoms with Gasteiger partial charge >= 0.3 is 6.18 Å². The van der Waals surface area contributed by atoms with E-state index in [4.69, 9.17) is 5.21 Å². The summed E-state index contributed by atoms with van der Waals surface area (Å²) in [6, 6.07) is 11.8. The first-order valence-corrected chi connectivity index (χ1v) is 7.78. The molecule has 25 heavy (non-hydrogen) atoms. The van der Waals surface area contributed by atoms with E-state index < -0.39 is 11.7 Å². The third kappa shape index (κ3) is 3.97. The molecular weight excluding hydrogens is 335 g/mol. The molecule has 0 radical (unpaired) electrons. The van der Waals surface area contributed by atoms with Crippen molar-refractivity contribution in [3.63, 3.8) is 0 Å². The Morgan fingerprint density at radius 1 is 0.800 bits per heavy atom. The summed E-state index contributed by atoms with van der Waals surface area (Å²) in [5, 5.41) is 19.5. The summed E-state index contributed by atoms with van der Waals surface area (Å²) in [4.78, 5) is 4.16. The average Bonchev–Trinajstić information content (AvgIpc) is 2.61. The summed E-state index contributed by atoms with van der Waals surface area (Å²) in [5.41, 5.74) is 1.21. The average molecular weight is 352 g/mol. The number of nitrogens with zero attached hydrogens (tertiary/aromatic N) is 3. The van der Waals surface area contributed by atoms with Crippen molar-refractivity contribution in [3.05, 3.63) is 59.3 Å². The first-order valence-electron chi connectivity index (χ1n) is 7.78. The lowest BCUT2D eigenvalue weighted by Gasteiger charge is -2.37. The van der Waals surface area contributed by atoms with Crippen molar-refractivity contribution in [2.24, 2.45) is 0 Å². The Balaban J connectivity index is 1.61. The maximum absolute atomic E-state index is 12.6. The Morgan fingerprint density at radius 3 is 1.56 bits per heavy atom. The van der Waals surface area contributed by atoms with Crippen LogP contribution in [0.15, 0.2) is 48.5 Å². The highest BCUT2D eigenvalue weighted by Gasteiger charge is 2.30. The van der Waals surface area contributed by atoms with Crippen molar-refractivity contribution in [1.29, 1.82) is 0 Å². The maximum Gasteiger partial charge on any atom is 0.416 e. The van der Waals surface area contributed by atoms with Gasteiger partial charge in [0.2, 0.25) is 0 Å². The van der Waals surface area contributed by atoms with E-state index in [0.717, 1.165) is 23.5 Å². The molecule has 5 nitrogen and oxygen atoms in total. The summed E-state index contributed by atoms with van der Waals surface area (Å²) in [6.07, 6.45) is -4.32. The number of benzene rings is 2. The van der Waals surface area contributed by atoms with Gasteiger partial charge in [-0.05, 0) is 48.5 Å². The lowest BCUT2D eigenvalue weighted by atomic mass is 10.1. The molecule has 0 atom stereocenters. The third-order valence-electron chi connectivity index (χ3n) is 4.28. The highest BCUT2D eigenvalue weighted by molar-refractivity contribution is 5.57. The molecule has 1 heterocycles. The summed E-state index contributed by atoms with van der Waals surface area (Å²) in [5.74, 6) is 0. The van der Waals surface area contributed by atoms with Gasteiger partial charge in [0.1, 0.15) is 0 Å². The number of hydrogen-bond acceptors (Lipinski definition) is 5. The highest BCUT2D eigenvalue weighted by atomic mass is 19.4. The zero-order valence-corrected chi connectivity index (χ0v) is 13.3. The number of piperazine rings is 1. The largest absolute Gasteiger partial charge is 0.733 e. The molecule has 0 amide bonds. The third-order valence-corrected chi connectivity index (χ3v) is 4.28. The minimum atomic E-state index is -4.32. The number of halogens is 3. The summed E-state index contributed by atoms with van der Waals surface area (Å²) < 4.78 is 37.9. The molecule has 1 N–H and O–H groups in total. The lowest BCUT2D eigenvalue weighted by Crippen LogP contribution is -2.46. The fraction of sp³-hybridized carbons (Fsp3) is 0.294. The normalized spacial score (nSPS) is 15.4. The van der Waals surface area contributed by atoms with Crippen LogP contribution in [-0.2, 0) is 6.18 Å². The van der Waals surface area contributed by atoms with Crippen molar-refractivity contribution in [2.45, 2.75) is 6.18 Å². The Morgan fingerprint density at radius 2 is 1.20 bits per heavy atom. The minimum Gasteiger partial charge on any atom is -0.733 e. The topological polar surface area (TPSA) is 53.0 Å². The van der Waals surface area contributed by atoms with Gasteiger partial charge in [0.25, 0.3) is 0 Å². The second kappa shape index (κ2) is 6.81. The molecule has 3 rings (SSSR count). The summed E-state index contributed by atoms with van der Waals surface area (Å²) >= 11 is 0. The monoisotopic (exact) mass is 352 g/mol. The van der Waals surface area contributed by atoms with Crippen LogP contribution >= 0.6 is 0 Å². The van der Waals surface area contributed by atoms with E-state index in [-0.39, 0.29) is 10.9 Å². The summed E-state index contributed by atoms with van der Waals surface area (Å²) in [7, 11) is 0. The fourth-order valence-electron chi connectivity index (χ4n) is 2.88. The molecule has 0 aliphatic carbocycles. The molecule has 0 saturated carbocycles. The first kappa shape index (κ1) is 17.4. The van der Waals surface area contributed by atoms with Crippen LogP contribution in [0.2, 0.25) is 0 Å². The predicted octanol–water partition coefficient (Wildman–Crippen LogP) is 3.73. The Hall–Kier alpha value is -2.45. The van der Waals surface area contributed by atoms with Crippen LogP contribution in [0.4, 0.5) is 30.2 Å². The van der Waals surface area contributed by atoms with Crippen LogP contribution in [0.3, 0.4) is 0 Å². The van der Waals surface area contributed by atoms with E-state index >= 15 is 0 Å². The van der Waals surface area contributed by atoms with Gasteiger partial charge in [0.15, 0.2) is 0 Å². The van der Waals surface area contributed by atoms with Gasteiger partial charge in [-0.2, -0.15) is 13.2 Å². The van der Waals surface area contributed by atoms with Crippen molar-refractivity contribution >= 4 is 17.1 Å². The van der Waals surface area contributed by atoms with Crippen LogP contribution in [0, 0.1) is 5.21 Å². The number of rotatable bonds is 3. The van der Waals surface area contributed by atoms with Crippen molar-refractivity contribution in [3.8, 4) is 0 Å². The second-order valence-corrected chi connectivity index (χ2v) is 5.81. The quantitative estimate of drug-likeness (QED) is 0.853. The molecule has 1 saturated heterocycles. The molecule has 8 heteroatoms. The van der Waals surface area contributed by atoms with Crippen LogP contribution in [0.5, 0.6) is 0 Å². The number of hydrogen-bond donors (Lipinski definition) is 1. The van der Waals surface area contributed by atoms with E-state index in [2.05, 4.69) is 4.90 Å². The number of alkyl halides is 3. The molecular formula is C17H17F3N3O2-.